The van der Waals surface area contributed by atoms with Crippen molar-refractivity contribution in [1.82, 2.24) is 24.5 Å². The van der Waals surface area contributed by atoms with E-state index in [0.29, 0.717) is 11.3 Å². The molecule has 6 nitrogen and oxygen atoms in total. The summed E-state index contributed by atoms with van der Waals surface area (Å²) in [7, 11) is 0. The first-order chi connectivity index (χ1) is 15.4. The molecule has 1 aromatic carbocycles. The molecule has 5 rings (SSSR count). The Hall–Kier alpha value is -2.18. The van der Waals surface area contributed by atoms with E-state index in [0.717, 1.165) is 31.2 Å². The molecule has 0 saturated carbocycles. The van der Waals surface area contributed by atoms with Crippen LogP contribution in [-0.4, -0.2) is 42.5 Å². The molecule has 1 amide bonds. The Labute approximate surface area is 222 Å². The van der Waals surface area contributed by atoms with Crippen molar-refractivity contribution in [3.05, 3.63) is 65.0 Å². The highest BCUT2D eigenvalue weighted by molar-refractivity contribution is 7.59. The first kappa shape index (κ1) is 29.1. The van der Waals surface area contributed by atoms with Crippen LogP contribution >= 0.6 is 40.5 Å². The van der Waals surface area contributed by atoms with E-state index in [2.05, 4.69) is 15.1 Å². The SMILES string of the molecule is C/C(=C\c1ccc(F)cc1)C(=O)N1[C@H]2CC[C@H](c3cc(C(F)F)nc4ncnn34)[C@@H]1CC2.S.S.S. The van der Waals surface area contributed by atoms with E-state index >= 15 is 0 Å². The maximum atomic E-state index is 13.5. The van der Waals surface area contributed by atoms with Crippen LogP contribution in [0.25, 0.3) is 11.9 Å². The lowest BCUT2D eigenvalue weighted by Gasteiger charge is -2.40. The van der Waals surface area contributed by atoms with Gasteiger partial charge in [0.05, 0.1) is 5.69 Å². The van der Waals surface area contributed by atoms with Gasteiger partial charge in [0.2, 0.25) is 5.91 Å². The molecule has 12 heteroatoms. The predicted molar refractivity (Wildman–Crippen MR) is 143 cm³/mol. The average Bonchev–Trinajstić information content (AvgIpc) is 3.37. The van der Waals surface area contributed by atoms with E-state index in [9.17, 15) is 18.0 Å². The second kappa shape index (κ2) is 11.7. The summed E-state index contributed by atoms with van der Waals surface area (Å²) < 4.78 is 41.6. The van der Waals surface area contributed by atoms with E-state index in [4.69, 9.17) is 0 Å². The van der Waals surface area contributed by atoms with Gasteiger partial charge < -0.3 is 4.90 Å². The van der Waals surface area contributed by atoms with Gasteiger partial charge in [-0.3, -0.25) is 4.79 Å². The van der Waals surface area contributed by atoms with Crippen molar-refractivity contribution >= 4 is 58.2 Å². The van der Waals surface area contributed by atoms with Gasteiger partial charge in [0.25, 0.3) is 12.2 Å². The summed E-state index contributed by atoms with van der Waals surface area (Å²) in [4.78, 5) is 23.2. The second-order valence-electron chi connectivity index (χ2n) is 8.45. The average molecular weight is 544 g/mol. The van der Waals surface area contributed by atoms with Gasteiger partial charge in [-0.1, -0.05) is 12.1 Å². The zero-order valence-corrected chi connectivity index (χ0v) is 22.0. The first-order valence-corrected chi connectivity index (χ1v) is 10.7. The number of hydrogen-bond acceptors (Lipinski definition) is 4. The normalized spacial score (nSPS) is 21.3. The lowest BCUT2D eigenvalue weighted by molar-refractivity contribution is -0.131. The first-order valence-electron chi connectivity index (χ1n) is 10.7. The third-order valence-corrected chi connectivity index (χ3v) is 6.55. The van der Waals surface area contributed by atoms with Gasteiger partial charge in [0.1, 0.15) is 17.8 Å². The molecule has 4 heterocycles. The fraction of sp³-hybridized carbons (Fsp3) is 0.391. The van der Waals surface area contributed by atoms with Crippen molar-refractivity contribution < 1.29 is 18.0 Å². The highest BCUT2D eigenvalue weighted by Crippen LogP contribution is 2.45. The number of rotatable bonds is 4. The van der Waals surface area contributed by atoms with Crippen molar-refractivity contribution in [3.8, 4) is 0 Å². The fourth-order valence-electron chi connectivity index (χ4n) is 5.12. The zero-order chi connectivity index (χ0) is 22.4. The zero-order valence-electron chi connectivity index (χ0n) is 19.0. The van der Waals surface area contributed by atoms with Crippen molar-refractivity contribution in [2.24, 2.45) is 0 Å². The highest BCUT2D eigenvalue weighted by Gasteiger charge is 2.46. The number of amides is 1. The van der Waals surface area contributed by atoms with Crippen LogP contribution in [0.4, 0.5) is 13.2 Å². The van der Waals surface area contributed by atoms with Gasteiger partial charge in [0.15, 0.2) is 0 Å². The van der Waals surface area contributed by atoms with E-state index in [1.165, 1.54) is 29.0 Å². The van der Waals surface area contributed by atoms with Crippen LogP contribution < -0.4 is 0 Å². The number of carbonyl (C=O) groups excluding carboxylic acids is 1. The van der Waals surface area contributed by atoms with Gasteiger partial charge in [0, 0.05) is 23.6 Å². The Kier molecular flexibility index (Phi) is 9.71. The molecular formula is C23H28F3N5OS3. The Morgan fingerprint density at radius 2 is 1.77 bits per heavy atom. The quantitative estimate of drug-likeness (QED) is 0.440. The molecule has 2 aliphatic rings. The number of carbonyl (C=O) groups is 1. The molecule has 2 aromatic heterocycles. The molecule has 0 unspecified atom stereocenters. The molecule has 2 fully saturated rings. The Morgan fingerprint density at radius 3 is 2.46 bits per heavy atom. The number of alkyl halides is 2. The standard InChI is InChI=1S/C23H22F3N5O.3H2S/c1-13(10-14-2-4-15(24)5-3-14)22(32)30-16-6-8-17(19(30)9-7-16)20-11-18(21(25)26)29-23-27-12-28-31(20)23;;;/h2-5,10-12,16-17,19,21H,6-9H2,1H3;3*1H2/b13-10+;;;/t16-,17-,19-;;;/m0.../s1. The number of aromatic nitrogens is 4. The van der Waals surface area contributed by atoms with Crippen LogP contribution in [0, 0.1) is 5.82 Å². The van der Waals surface area contributed by atoms with Crippen LogP contribution in [-0.2, 0) is 4.79 Å². The molecule has 3 atom stereocenters. The molecule has 35 heavy (non-hydrogen) atoms. The van der Waals surface area contributed by atoms with Crippen LogP contribution in [0.1, 0.15) is 61.9 Å². The van der Waals surface area contributed by atoms with Crippen molar-refractivity contribution in [2.75, 3.05) is 0 Å². The number of halogens is 3. The van der Waals surface area contributed by atoms with Crippen molar-refractivity contribution in [3.63, 3.8) is 0 Å². The summed E-state index contributed by atoms with van der Waals surface area (Å²) in [6.45, 7) is 1.76. The number of fused-ring (bicyclic) bond motifs is 3. The van der Waals surface area contributed by atoms with E-state index in [1.807, 2.05) is 4.90 Å². The minimum absolute atomic E-state index is 0. The van der Waals surface area contributed by atoms with Crippen LogP contribution in [0.15, 0.2) is 42.2 Å². The smallest absolute Gasteiger partial charge is 0.280 e. The molecule has 0 N–H and O–H groups in total. The summed E-state index contributed by atoms with van der Waals surface area (Å²) in [5.41, 5.74) is 1.60. The highest BCUT2D eigenvalue weighted by atomic mass is 32.1. The second-order valence-corrected chi connectivity index (χ2v) is 8.45. The number of piperidine rings is 1. The molecule has 2 saturated heterocycles. The molecular weight excluding hydrogens is 515 g/mol. The van der Waals surface area contributed by atoms with E-state index in [1.54, 1.807) is 25.1 Å². The molecule has 2 bridgehead atoms. The van der Waals surface area contributed by atoms with Crippen LogP contribution in [0.3, 0.4) is 0 Å². The summed E-state index contributed by atoms with van der Waals surface area (Å²) in [5.74, 6) is -0.406. The molecule has 0 aliphatic carbocycles. The lowest BCUT2D eigenvalue weighted by Crippen LogP contribution is -2.48. The molecule has 3 aromatic rings. The lowest BCUT2D eigenvalue weighted by atomic mass is 9.86. The van der Waals surface area contributed by atoms with E-state index in [-0.39, 0.29) is 81.7 Å². The fourth-order valence-corrected chi connectivity index (χ4v) is 5.12. The van der Waals surface area contributed by atoms with Crippen LogP contribution in [0.5, 0.6) is 0 Å². The minimum atomic E-state index is -2.71. The molecule has 2 aliphatic heterocycles. The van der Waals surface area contributed by atoms with Gasteiger partial charge in [-0.05, 0) is 62.4 Å². The Morgan fingerprint density at radius 1 is 1.09 bits per heavy atom. The maximum absolute atomic E-state index is 13.5. The minimum Gasteiger partial charge on any atom is -0.332 e. The molecule has 0 spiro atoms. The van der Waals surface area contributed by atoms with Gasteiger partial charge in [-0.15, -0.1) is 0 Å². The third-order valence-electron chi connectivity index (χ3n) is 6.55. The monoisotopic (exact) mass is 543 g/mol. The number of hydrogen-bond donors (Lipinski definition) is 0. The topological polar surface area (TPSA) is 63.4 Å². The summed E-state index contributed by atoms with van der Waals surface area (Å²) >= 11 is 0. The van der Waals surface area contributed by atoms with Crippen molar-refractivity contribution in [2.45, 2.75) is 57.0 Å². The Bertz CT molecular complexity index is 1200. The number of benzene rings is 1. The summed E-state index contributed by atoms with van der Waals surface area (Å²) in [5, 5.41) is 4.20. The maximum Gasteiger partial charge on any atom is 0.280 e. The molecule has 0 radical (unpaired) electrons. The van der Waals surface area contributed by atoms with Gasteiger partial charge in [-0.2, -0.15) is 50.6 Å². The van der Waals surface area contributed by atoms with E-state index < -0.39 is 6.43 Å². The van der Waals surface area contributed by atoms with Crippen LogP contribution in [0.2, 0.25) is 0 Å². The number of nitrogens with zero attached hydrogens (tertiary/aromatic N) is 5. The summed E-state index contributed by atoms with van der Waals surface area (Å²) in [6.07, 6.45) is 3.59. The largest absolute Gasteiger partial charge is 0.332 e. The third kappa shape index (κ3) is 5.49. The predicted octanol–water partition coefficient (Wildman–Crippen LogP) is 4.88. The molecule has 190 valence electrons. The van der Waals surface area contributed by atoms with Crippen molar-refractivity contribution in [1.29, 1.82) is 0 Å². The van der Waals surface area contributed by atoms with Gasteiger partial charge in [-0.25, -0.2) is 22.7 Å². The summed E-state index contributed by atoms with van der Waals surface area (Å²) in [6, 6.07) is 7.39. The van der Waals surface area contributed by atoms with Gasteiger partial charge >= 0.3 is 0 Å². The Balaban J connectivity index is 0.00000144.